The number of halogens is 4. The third kappa shape index (κ3) is 8.56. The molecule has 1 rings (SSSR count). The molecule has 0 atom stereocenters. The zero-order chi connectivity index (χ0) is 17.2. The van der Waals surface area contributed by atoms with E-state index in [1.807, 2.05) is 13.8 Å². The van der Waals surface area contributed by atoms with Crippen molar-refractivity contribution in [3.05, 3.63) is 59.6 Å². The van der Waals surface area contributed by atoms with Crippen LogP contribution in [-0.4, -0.2) is 13.0 Å². The Hall–Kier alpha value is -1.69. The number of rotatable bonds is 6. The number of hydrogen-bond donors (Lipinski definition) is 0. The maximum absolute atomic E-state index is 12.3. The Bertz CT molecular complexity index is 523. The summed E-state index contributed by atoms with van der Waals surface area (Å²) >= 11 is 3.08. The van der Waals surface area contributed by atoms with Crippen LogP contribution in [0.2, 0.25) is 0 Å². The van der Waals surface area contributed by atoms with Gasteiger partial charge in [0.05, 0.1) is 0 Å². The number of ether oxygens (including phenoxy) is 2. The zero-order valence-electron chi connectivity index (χ0n) is 12.4. The molecule has 0 spiro atoms. The second kappa shape index (κ2) is 10.1. The highest BCUT2D eigenvalue weighted by Crippen LogP contribution is 2.34. The van der Waals surface area contributed by atoms with Crippen LogP contribution in [-0.2, 0) is 0 Å². The van der Waals surface area contributed by atoms with Gasteiger partial charge in [0.2, 0.25) is 0 Å². The molecule has 0 amide bonds. The second-order valence-corrected chi connectivity index (χ2v) is 4.60. The standard InChI is InChI=1S/C14H12BrF3O2.C2H6/c1-3-4-5-10(2)9-19-12-7-6-11(15)8-13(12)20-14(16,17)18;1-2/h3-8H,1-2,9H2;1-2H3/b5-4-;. The van der Waals surface area contributed by atoms with E-state index in [-0.39, 0.29) is 12.4 Å². The molecule has 0 unspecified atom stereocenters. The minimum atomic E-state index is -4.78. The first-order chi connectivity index (χ1) is 10.3. The van der Waals surface area contributed by atoms with Gasteiger partial charge in [0.1, 0.15) is 6.61 Å². The Morgan fingerprint density at radius 1 is 1.27 bits per heavy atom. The predicted octanol–water partition coefficient (Wildman–Crippen LogP) is 6.05. The number of allylic oxidation sites excluding steroid dienone is 2. The lowest BCUT2D eigenvalue weighted by atomic mass is 10.3. The molecular weight excluding hydrogens is 361 g/mol. The zero-order valence-corrected chi connectivity index (χ0v) is 14.0. The van der Waals surface area contributed by atoms with Crippen LogP contribution in [0.15, 0.2) is 59.6 Å². The molecule has 0 saturated heterocycles. The molecule has 0 fully saturated rings. The fourth-order valence-corrected chi connectivity index (χ4v) is 1.57. The van der Waals surface area contributed by atoms with Crippen LogP contribution in [0.4, 0.5) is 13.2 Å². The van der Waals surface area contributed by atoms with Gasteiger partial charge < -0.3 is 9.47 Å². The molecule has 0 bridgehead atoms. The van der Waals surface area contributed by atoms with Gasteiger partial charge in [-0.1, -0.05) is 61.2 Å². The van der Waals surface area contributed by atoms with Crippen LogP contribution in [0.1, 0.15) is 13.8 Å². The fourth-order valence-electron chi connectivity index (χ4n) is 1.23. The topological polar surface area (TPSA) is 18.5 Å². The number of alkyl halides is 3. The Kier molecular flexibility index (Phi) is 9.33. The summed E-state index contributed by atoms with van der Waals surface area (Å²) in [6, 6.07) is 4.13. The summed E-state index contributed by atoms with van der Waals surface area (Å²) in [4.78, 5) is 0. The van der Waals surface area contributed by atoms with Gasteiger partial charge >= 0.3 is 6.36 Å². The molecule has 0 aliphatic heterocycles. The van der Waals surface area contributed by atoms with Crippen molar-refractivity contribution in [3.63, 3.8) is 0 Å². The normalized spacial score (nSPS) is 10.6. The van der Waals surface area contributed by atoms with Crippen LogP contribution in [0.5, 0.6) is 11.5 Å². The molecule has 0 aromatic heterocycles. The Labute approximate surface area is 137 Å². The van der Waals surface area contributed by atoms with Gasteiger partial charge in [0.25, 0.3) is 0 Å². The summed E-state index contributed by atoms with van der Waals surface area (Å²) < 4.78 is 46.5. The third-order valence-electron chi connectivity index (χ3n) is 2.01. The fraction of sp³-hybridized carbons (Fsp3) is 0.250. The first kappa shape index (κ1) is 20.3. The molecule has 0 saturated carbocycles. The maximum atomic E-state index is 12.3. The predicted molar refractivity (Wildman–Crippen MR) is 86.1 cm³/mol. The molecule has 0 aliphatic carbocycles. The van der Waals surface area contributed by atoms with Crippen LogP contribution in [0.25, 0.3) is 0 Å². The van der Waals surface area contributed by atoms with Crippen LogP contribution in [0, 0.1) is 0 Å². The van der Waals surface area contributed by atoms with E-state index in [1.165, 1.54) is 12.1 Å². The summed E-state index contributed by atoms with van der Waals surface area (Å²) in [6.07, 6.45) is 0.0816. The number of hydrogen-bond acceptors (Lipinski definition) is 2. The minimum absolute atomic E-state index is 0.0151. The van der Waals surface area contributed by atoms with E-state index in [0.717, 1.165) is 0 Å². The van der Waals surface area contributed by atoms with Gasteiger partial charge in [-0.15, -0.1) is 13.2 Å². The highest BCUT2D eigenvalue weighted by molar-refractivity contribution is 9.10. The molecule has 1 aromatic rings. The van der Waals surface area contributed by atoms with Crippen molar-refractivity contribution in [2.45, 2.75) is 20.2 Å². The Morgan fingerprint density at radius 3 is 2.45 bits per heavy atom. The van der Waals surface area contributed by atoms with Crippen molar-refractivity contribution >= 4 is 15.9 Å². The number of benzene rings is 1. The third-order valence-corrected chi connectivity index (χ3v) is 2.51. The lowest BCUT2D eigenvalue weighted by Gasteiger charge is -2.14. The highest BCUT2D eigenvalue weighted by atomic mass is 79.9. The van der Waals surface area contributed by atoms with Gasteiger partial charge in [-0.25, -0.2) is 0 Å². The molecule has 22 heavy (non-hydrogen) atoms. The Balaban J connectivity index is 0.00000211. The molecule has 6 heteroatoms. The van der Waals surface area contributed by atoms with Gasteiger partial charge in [0.15, 0.2) is 11.5 Å². The molecule has 1 aromatic carbocycles. The molecule has 0 aliphatic rings. The molecule has 0 radical (unpaired) electrons. The van der Waals surface area contributed by atoms with E-state index < -0.39 is 12.1 Å². The van der Waals surface area contributed by atoms with Crippen molar-refractivity contribution in [1.82, 2.24) is 0 Å². The lowest BCUT2D eigenvalue weighted by molar-refractivity contribution is -0.275. The largest absolute Gasteiger partial charge is 0.573 e. The van der Waals surface area contributed by atoms with Crippen molar-refractivity contribution in [1.29, 1.82) is 0 Å². The summed E-state index contributed by atoms with van der Waals surface area (Å²) in [5.41, 5.74) is 0.589. The first-order valence-corrected chi connectivity index (χ1v) is 7.26. The van der Waals surface area contributed by atoms with Crippen molar-refractivity contribution in [2.75, 3.05) is 6.61 Å². The van der Waals surface area contributed by atoms with Crippen LogP contribution < -0.4 is 9.47 Å². The van der Waals surface area contributed by atoms with Crippen LogP contribution in [0.3, 0.4) is 0 Å². The average molecular weight is 379 g/mol. The summed E-state index contributed by atoms with van der Waals surface area (Å²) in [5, 5.41) is 0. The van der Waals surface area contributed by atoms with E-state index in [4.69, 9.17) is 4.74 Å². The Morgan fingerprint density at radius 2 is 1.91 bits per heavy atom. The van der Waals surface area contributed by atoms with Gasteiger partial charge in [-0.2, -0.15) is 0 Å². The van der Waals surface area contributed by atoms with E-state index in [9.17, 15) is 13.2 Å². The minimum Gasteiger partial charge on any atom is -0.485 e. The summed E-state index contributed by atoms with van der Waals surface area (Å²) in [7, 11) is 0. The lowest BCUT2D eigenvalue weighted by Crippen LogP contribution is -2.18. The molecule has 0 heterocycles. The first-order valence-electron chi connectivity index (χ1n) is 6.47. The monoisotopic (exact) mass is 378 g/mol. The summed E-state index contributed by atoms with van der Waals surface area (Å²) in [6.45, 7) is 11.2. The molecule has 0 N–H and O–H groups in total. The van der Waals surface area contributed by atoms with Crippen molar-refractivity contribution in [3.8, 4) is 11.5 Å². The smallest absolute Gasteiger partial charge is 0.485 e. The van der Waals surface area contributed by atoms with Gasteiger partial charge in [0, 0.05) is 4.47 Å². The molecule has 2 nitrogen and oxygen atoms in total. The van der Waals surface area contributed by atoms with Crippen molar-refractivity contribution < 1.29 is 22.6 Å². The molecular formula is C16H18BrF3O2. The van der Waals surface area contributed by atoms with E-state index in [1.54, 1.807) is 24.3 Å². The maximum Gasteiger partial charge on any atom is 0.573 e. The van der Waals surface area contributed by atoms with Crippen molar-refractivity contribution in [2.24, 2.45) is 0 Å². The van der Waals surface area contributed by atoms with Gasteiger partial charge in [-0.3, -0.25) is 0 Å². The van der Waals surface area contributed by atoms with E-state index in [0.29, 0.717) is 10.0 Å². The molecule has 122 valence electrons. The highest BCUT2D eigenvalue weighted by Gasteiger charge is 2.32. The van der Waals surface area contributed by atoms with E-state index in [2.05, 4.69) is 33.8 Å². The van der Waals surface area contributed by atoms with Crippen LogP contribution >= 0.6 is 15.9 Å². The summed E-state index contributed by atoms with van der Waals surface area (Å²) in [5.74, 6) is -0.425. The van der Waals surface area contributed by atoms with E-state index >= 15 is 0 Å². The quantitative estimate of drug-likeness (QED) is 0.560. The van der Waals surface area contributed by atoms with Gasteiger partial charge in [-0.05, 0) is 23.8 Å². The SMILES string of the molecule is C=C/C=C\C(=C)COc1ccc(Br)cc1OC(F)(F)F.CC. The average Bonchev–Trinajstić information content (AvgIpc) is 2.44. The second-order valence-electron chi connectivity index (χ2n) is 3.68.